The largest absolute Gasteiger partial charge is 0.384 e. The maximum atomic E-state index is 13.0. The molecule has 0 aromatic heterocycles. The van der Waals surface area contributed by atoms with Crippen LogP contribution in [-0.4, -0.2) is 36.5 Å². The van der Waals surface area contributed by atoms with Crippen LogP contribution in [0.5, 0.6) is 0 Å². The summed E-state index contributed by atoms with van der Waals surface area (Å²) in [6.45, 7) is 1.39. The number of imide groups is 1. The predicted molar refractivity (Wildman–Crippen MR) is 100 cm³/mol. The lowest BCUT2D eigenvalue weighted by Crippen LogP contribution is -2.46. The highest BCUT2D eigenvalue weighted by molar-refractivity contribution is 6.30. The van der Waals surface area contributed by atoms with Crippen molar-refractivity contribution in [3.8, 4) is 0 Å². The topological polar surface area (TPSA) is 118 Å². The Balaban J connectivity index is 1.72. The van der Waals surface area contributed by atoms with E-state index in [-0.39, 0.29) is 30.3 Å². The number of benzene rings is 1. The van der Waals surface area contributed by atoms with E-state index >= 15 is 0 Å². The highest BCUT2D eigenvalue weighted by Crippen LogP contribution is 2.38. The van der Waals surface area contributed by atoms with Crippen LogP contribution in [0.2, 0.25) is 0 Å². The maximum absolute atomic E-state index is 13.0. The van der Waals surface area contributed by atoms with Crippen molar-refractivity contribution in [2.45, 2.75) is 38.5 Å². The lowest BCUT2D eigenvalue weighted by molar-refractivity contribution is -0.137. The number of carbonyl (C=O) groups excluding carboxylic acids is 4. The van der Waals surface area contributed by atoms with Crippen LogP contribution >= 0.6 is 0 Å². The average Bonchev–Trinajstić information content (AvgIpc) is 2.90. The number of carbonyl (C=O) groups is 4. The first-order valence-corrected chi connectivity index (χ1v) is 9.53. The fraction of sp³-hybridized carbons (Fsp3) is 0.500. The molecule has 2 atom stereocenters. The molecule has 1 saturated heterocycles. The standard InChI is InChI=1S/C20H25N3O4/c21-10-3-1-2-4-11-22-14-7-5-6-12-16(14)19(26)17(18(12)25)13-8-9-15(24)23-20(13)27/h5-7,13,17,22H,1-4,8-11,21H2,(H,23,24,27). The maximum Gasteiger partial charge on any atom is 0.230 e. The minimum atomic E-state index is -1.03. The van der Waals surface area contributed by atoms with Crippen LogP contribution in [0.3, 0.4) is 0 Å². The van der Waals surface area contributed by atoms with E-state index in [0.29, 0.717) is 29.9 Å². The van der Waals surface area contributed by atoms with Crippen LogP contribution in [0.1, 0.15) is 59.2 Å². The summed E-state index contributed by atoms with van der Waals surface area (Å²) >= 11 is 0. The van der Waals surface area contributed by atoms with Gasteiger partial charge in [0.1, 0.15) is 0 Å². The average molecular weight is 371 g/mol. The number of anilines is 1. The molecule has 0 saturated carbocycles. The number of rotatable bonds is 8. The van der Waals surface area contributed by atoms with Gasteiger partial charge in [-0.05, 0) is 31.9 Å². The van der Waals surface area contributed by atoms with E-state index in [2.05, 4.69) is 10.6 Å². The SMILES string of the molecule is NCCCCCCNc1cccc2c1C(=O)C(C1CCC(=O)NC1=O)C2=O. The molecule has 1 aliphatic carbocycles. The van der Waals surface area contributed by atoms with Crippen molar-refractivity contribution in [2.75, 3.05) is 18.4 Å². The molecule has 1 aliphatic heterocycles. The quantitative estimate of drug-likeness (QED) is 0.363. The molecule has 0 radical (unpaired) electrons. The Bertz CT molecular complexity index is 774. The van der Waals surface area contributed by atoms with E-state index in [0.717, 1.165) is 25.7 Å². The first-order chi connectivity index (χ1) is 13.0. The zero-order valence-corrected chi connectivity index (χ0v) is 15.3. The van der Waals surface area contributed by atoms with Crippen molar-refractivity contribution in [1.82, 2.24) is 5.32 Å². The number of piperidine rings is 1. The second-order valence-corrected chi connectivity index (χ2v) is 7.12. The number of hydrogen-bond donors (Lipinski definition) is 3. The summed E-state index contributed by atoms with van der Waals surface area (Å²) in [5, 5.41) is 5.50. The van der Waals surface area contributed by atoms with Crippen molar-refractivity contribution in [3.05, 3.63) is 29.3 Å². The molecular weight excluding hydrogens is 346 g/mol. The van der Waals surface area contributed by atoms with E-state index in [1.165, 1.54) is 0 Å². The predicted octanol–water partition coefficient (Wildman–Crippen LogP) is 1.67. The molecule has 7 heteroatoms. The Kier molecular flexibility index (Phi) is 6.01. The molecule has 2 amide bonds. The molecule has 144 valence electrons. The van der Waals surface area contributed by atoms with Crippen LogP contribution in [0, 0.1) is 11.8 Å². The molecule has 7 nitrogen and oxygen atoms in total. The number of amides is 2. The number of ketones is 2. The number of nitrogens with two attached hydrogens (primary N) is 1. The normalized spacial score (nSPS) is 22.0. The molecular formula is C20H25N3O4. The lowest BCUT2D eigenvalue weighted by atomic mass is 9.82. The van der Waals surface area contributed by atoms with Gasteiger partial charge >= 0.3 is 0 Å². The van der Waals surface area contributed by atoms with Crippen molar-refractivity contribution in [3.63, 3.8) is 0 Å². The third kappa shape index (κ3) is 3.93. The van der Waals surface area contributed by atoms with Crippen molar-refractivity contribution < 1.29 is 19.2 Å². The fourth-order valence-corrected chi connectivity index (χ4v) is 3.85. The van der Waals surface area contributed by atoms with E-state index in [4.69, 9.17) is 5.73 Å². The van der Waals surface area contributed by atoms with Crippen LogP contribution in [0.25, 0.3) is 0 Å². The van der Waals surface area contributed by atoms with Gasteiger partial charge in [-0.25, -0.2) is 0 Å². The highest BCUT2D eigenvalue weighted by Gasteiger charge is 2.48. The van der Waals surface area contributed by atoms with Gasteiger partial charge in [0.05, 0.1) is 17.4 Å². The first-order valence-electron chi connectivity index (χ1n) is 9.53. The monoisotopic (exact) mass is 371 g/mol. The van der Waals surface area contributed by atoms with Gasteiger partial charge in [0.25, 0.3) is 0 Å². The van der Waals surface area contributed by atoms with Gasteiger partial charge < -0.3 is 11.1 Å². The van der Waals surface area contributed by atoms with Crippen LogP contribution < -0.4 is 16.4 Å². The molecule has 1 heterocycles. The number of hydrogen-bond acceptors (Lipinski definition) is 6. The number of Topliss-reactive ketones (excluding diaryl/α,β-unsaturated/α-hetero) is 2. The molecule has 0 bridgehead atoms. The number of fused-ring (bicyclic) bond motifs is 1. The Morgan fingerprint density at radius 1 is 1.04 bits per heavy atom. The summed E-state index contributed by atoms with van der Waals surface area (Å²) in [4.78, 5) is 49.3. The van der Waals surface area contributed by atoms with Gasteiger partial charge in [0, 0.05) is 24.2 Å². The Hall–Kier alpha value is -2.54. The first kappa shape index (κ1) is 19.2. The Labute approximate surface area is 158 Å². The van der Waals surface area contributed by atoms with Gasteiger partial charge in [-0.3, -0.25) is 24.5 Å². The lowest BCUT2D eigenvalue weighted by Gasteiger charge is -2.24. The summed E-state index contributed by atoms with van der Waals surface area (Å²) in [7, 11) is 0. The third-order valence-corrected chi connectivity index (χ3v) is 5.27. The second kappa shape index (κ2) is 8.43. The van der Waals surface area contributed by atoms with Crippen LogP contribution in [0.15, 0.2) is 18.2 Å². The van der Waals surface area contributed by atoms with Crippen LogP contribution in [0.4, 0.5) is 5.69 Å². The third-order valence-electron chi connectivity index (χ3n) is 5.27. The smallest absolute Gasteiger partial charge is 0.230 e. The van der Waals surface area contributed by atoms with Gasteiger partial charge in [-0.2, -0.15) is 0 Å². The van der Waals surface area contributed by atoms with Crippen molar-refractivity contribution in [2.24, 2.45) is 17.6 Å². The van der Waals surface area contributed by atoms with Crippen molar-refractivity contribution >= 4 is 29.1 Å². The van der Waals surface area contributed by atoms with E-state index < -0.39 is 17.7 Å². The Morgan fingerprint density at radius 3 is 2.56 bits per heavy atom. The van der Waals surface area contributed by atoms with Gasteiger partial charge in [-0.1, -0.05) is 25.0 Å². The Morgan fingerprint density at radius 2 is 1.81 bits per heavy atom. The summed E-state index contributed by atoms with van der Waals surface area (Å²) in [6.07, 6.45) is 4.44. The zero-order chi connectivity index (χ0) is 19.4. The number of unbranched alkanes of at least 4 members (excludes halogenated alkanes) is 3. The summed E-state index contributed by atoms with van der Waals surface area (Å²) in [5.41, 5.74) is 6.86. The summed E-state index contributed by atoms with van der Waals surface area (Å²) < 4.78 is 0. The summed E-state index contributed by atoms with van der Waals surface area (Å²) in [5.74, 6) is -3.34. The molecule has 1 aromatic rings. The number of nitrogens with one attached hydrogen (secondary N) is 2. The minimum absolute atomic E-state index is 0.151. The molecule has 4 N–H and O–H groups in total. The van der Waals surface area contributed by atoms with Gasteiger partial charge in [-0.15, -0.1) is 0 Å². The van der Waals surface area contributed by atoms with E-state index in [1.54, 1.807) is 18.2 Å². The molecule has 2 aliphatic rings. The molecule has 2 unspecified atom stereocenters. The second-order valence-electron chi connectivity index (χ2n) is 7.12. The summed E-state index contributed by atoms with van der Waals surface area (Å²) in [6, 6.07) is 5.16. The minimum Gasteiger partial charge on any atom is -0.384 e. The molecule has 27 heavy (non-hydrogen) atoms. The zero-order valence-electron chi connectivity index (χ0n) is 15.3. The molecule has 1 aromatic carbocycles. The fourth-order valence-electron chi connectivity index (χ4n) is 3.85. The molecule has 0 spiro atoms. The van der Waals surface area contributed by atoms with Crippen molar-refractivity contribution in [1.29, 1.82) is 0 Å². The van der Waals surface area contributed by atoms with E-state index in [9.17, 15) is 19.2 Å². The van der Waals surface area contributed by atoms with E-state index in [1.807, 2.05) is 0 Å². The van der Waals surface area contributed by atoms with Gasteiger partial charge in [0.2, 0.25) is 11.8 Å². The van der Waals surface area contributed by atoms with Gasteiger partial charge in [0.15, 0.2) is 11.6 Å². The van der Waals surface area contributed by atoms with Crippen LogP contribution in [-0.2, 0) is 9.59 Å². The molecule has 3 rings (SSSR count). The highest BCUT2D eigenvalue weighted by atomic mass is 16.2. The molecule has 1 fully saturated rings.